The molecule has 0 unspecified atom stereocenters. The molecule has 1 rings (SSSR count). The molecule has 0 atom stereocenters. The van der Waals surface area contributed by atoms with Crippen LogP contribution in [0.4, 0.5) is 0 Å². The van der Waals surface area contributed by atoms with Gasteiger partial charge in [-0.2, -0.15) is 5.10 Å². The molecule has 0 aliphatic heterocycles. The third-order valence-electron chi connectivity index (χ3n) is 2.47. The van der Waals surface area contributed by atoms with E-state index in [-0.39, 0.29) is 5.78 Å². The van der Waals surface area contributed by atoms with Crippen molar-refractivity contribution >= 4 is 5.78 Å². The van der Waals surface area contributed by atoms with Crippen LogP contribution in [0.3, 0.4) is 0 Å². The number of nitrogens with zero attached hydrogens (tertiary/aromatic N) is 2. The summed E-state index contributed by atoms with van der Waals surface area (Å²) in [6.45, 7) is 5.45. The number of Topliss-reactive ketones (excluding diaryl/α,β-unsaturated/α-hetero) is 1. The minimum atomic E-state index is 0.256. The number of aromatic nitrogens is 2. The quantitative estimate of drug-likeness (QED) is 0.663. The van der Waals surface area contributed by atoms with Gasteiger partial charge < -0.3 is 4.74 Å². The largest absolute Gasteiger partial charge is 0.385 e. The summed E-state index contributed by atoms with van der Waals surface area (Å²) in [6, 6.07) is 1.98. The second kappa shape index (κ2) is 6.43. The zero-order chi connectivity index (χ0) is 12.0. The standard InChI is InChI=1S/C12H20N2O2/c1-4-14-11(8-10(2)13-14)9-12(15)6-5-7-16-3/h8H,4-7,9H2,1-3H3. The van der Waals surface area contributed by atoms with Crippen molar-refractivity contribution in [1.82, 2.24) is 9.78 Å². The van der Waals surface area contributed by atoms with E-state index in [1.165, 1.54) is 0 Å². The normalized spacial score (nSPS) is 10.7. The van der Waals surface area contributed by atoms with Crippen LogP contribution in [0.1, 0.15) is 31.2 Å². The van der Waals surface area contributed by atoms with Crippen molar-refractivity contribution in [2.45, 2.75) is 39.7 Å². The van der Waals surface area contributed by atoms with Gasteiger partial charge in [0.25, 0.3) is 0 Å². The predicted octanol–water partition coefficient (Wildman–Crippen LogP) is 1.75. The van der Waals surface area contributed by atoms with Crippen molar-refractivity contribution < 1.29 is 9.53 Å². The molecule has 1 aromatic rings. The molecule has 4 heteroatoms. The Labute approximate surface area is 96.6 Å². The SMILES string of the molecule is CCn1nc(C)cc1CC(=O)CCCOC. The van der Waals surface area contributed by atoms with Gasteiger partial charge in [0.1, 0.15) is 5.78 Å². The van der Waals surface area contributed by atoms with Crippen LogP contribution in [-0.4, -0.2) is 29.3 Å². The smallest absolute Gasteiger partial charge is 0.138 e. The second-order valence-corrected chi connectivity index (χ2v) is 3.90. The highest BCUT2D eigenvalue weighted by molar-refractivity contribution is 5.80. The molecule has 0 radical (unpaired) electrons. The highest BCUT2D eigenvalue weighted by Crippen LogP contribution is 2.07. The number of hydrogen-bond donors (Lipinski definition) is 0. The molecule has 0 aromatic carbocycles. The summed E-state index contributed by atoms with van der Waals surface area (Å²) in [7, 11) is 1.65. The molecule has 90 valence electrons. The summed E-state index contributed by atoms with van der Waals surface area (Å²) in [5, 5.41) is 4.32. The number of methoxy groups -OCH3 is 1. The monoisotopic (exact) mass is 224 g/mol. The second-order valence-electron chi connectivity index (χ2n) is 3.90. The van der Waals surface area contributed by atoms with E-state index in [2.05, 4.69) is 5.10 Å². The maximum absolute atomic E-state index is 11.7. The maximum Gasteiger partial charge on any atom is 0.138 e. The number of ether oxygens (including phenoxy) is 1. The minimum Gasteiger partial charge on any atom is -0.385 e. The Kier molecular flexibility index (Phi) is 5.19. The lowest BCUT2D eigenvalue weighted by molar-refractivity contribution is -0.118. The van der Waals surface area contributed by atoms with E-state index in [0.29, 0.717) is 19.4 Å². The summed E-state index contributed by atoms with van der Waals surface area (Å²) in [6.07, 6.45) is 1.87. The Morgan fingerprint density at radius 3 is 2.94 bits per heavy atom. The Bertz CT molecular complexity index is 345. The first-order valence-electron chi connectivity index (χ1n) is 5.71. The molecule has 0 N–H and O–H groups in total. The molecule has 1 aromatic heterocycles. The fourth-order valence-electron chi connectivity index (χ4n) is 1.72. The van der Waals surface area contributed by atoms with Crippen molar-refractivity contribution in [3.8, 4) is 0 Å². The molecular weight excluding hydrogens is 204 g/mol. The fraction of sp³-hybridized carbons (Fsp3) is 0.667. The minimum absolute atomic E-state index is 0.256. The van der Waals surface area contributed by atoms with Gasteiger partial charge in [0.2, 0.25) is 0 Å². The van der Waals surface area contributed by atoms with Crippen LogP contribution in [-0.2, 0) is 22.5 Å². The molecule has 0 amide bonds. The first-order chi connectivity index (χ1) is 7.67. The van der Waals surface area contributed by atoms with Crippen LogP contribution in [0.5, 0.6) is 0 Å². The van der Waals surface area contributed by atoms with Crippen LogP contribution in [0.2, 0.25) is 0 Å². The number of ketones is 1. The number of carbonyl (C=O) groups excluding carboxylic acids is 1. The lowest BCUT2D eigenvalue weighted by atomic mass is 10.1. The van der Waals surface area contributed by atoms with Crippen LogP contribution in [0, 0.1) is 6.92 Å². The Morgan fingerprint density at radius 1 is 1.56 bits per heavy atom. The molecular formula is C12H20N2O2. The van der Waals surface area contributed by atoms with Gasteiger partial charge in [-0.15, -0.1) is 0 Å². The van der Waals surface area contributed by atoms with Crippen molar-refractivity contribution in [2.24, 2.45) is 0 Å². The molecule has 1 heterocycles. The van der Waals surface area contributed by atoms with E-state index >= 15 is 0 Å². The average Bonchev–Trinajstić information content (AvgIpc) is 2.59. The molecule has 0 spiro atoms. The van der Waals surface area contributed by atoms with Crippen molar-refractivity contribution in [3.63, 3.8) is 0 Å². The summed E-state index contributed by atoms with van der Waals surface area (Å²) >= 11 is 0. The van der Waals surface area contributed by atoms with E-state index in [4.69, 9.17) is 4.74 Å². The number of rotatable bonds is 7. The zero-order valence-corrected chi connectivity index (χ0v) is 10.3. The molecule has 0 saturated carbocycles. The van der Waals surface area contributed by atoms with Gasteiger partial charge in [0, 0.05) is 38.8 Å². The lowest BCUT2D eigenvalue weighted by Gasteiger charge is -2.03. The molecule has 0 aliphatic rings. The third kappa shape index (κ3) is 3.77. The first kappa shape index (κ1) is 12.9. The van der Waals surface area contributed by atoms with Gasteiger partial charge in [-0.05, 0) is 26.3 Å². The summed E-state index contributed by atoms with van der Waals surface area (Å²) < 4.78 is 6.81. The predicted molar refractivity (Wildman–Crippen MR) is 62.5 cm³/mol. The van der Waals surface area contributed by atoms with E-state index < -0.39 is 0 Å². The number of carbonyl (C=O) groups is 1. The molecule has 0 aliphatic carbocycles. The fourth-order valence-corrected chi connectivity index (χ4v) is 1.72. The number of hydrogen-bond acceptors (Lipinski definition) is 3. The molecule has 0 fully saturated rings. The third-order valence-corrected chi connectivity index (χ3v) is 2.47. The van der Waals surface area contributed by atoms with Gasteiger partial charge in [0.05, 0.1) is 5.69 Å². The van der Waals surface area contributed by atoms with Crippen LogP contribution >= 0.6 is 0 Å². The van der Waals surface area contributed by atoms with Crippen molar-refractivity contribution in [2.75, 3.05) is 13.7 Å². The first-order valence-corrected chi connectivity index (χ1v) is 5.71. The highest BCUT2D eigenvalue weighted by Gasteiger charge is 2.09. The van der Waals surface area contributed by atoms with Gasteiger partial charge in [-0.1, -0.05) is 0 Å². The van der Waals surface area contributed by atoms with Crippen molar-refractivity contribution in [3.05, 3.63) is 17.5 Å². The van der Waals surface area contributed by atoms with Gasteiger partial charge in [0.15, 0.2) is 0 Å². The Morgan fingerprint density at radius 2 is 2.31 bits per heavy atom. The topological polar surface area (TPSA) is 44.1 Å². The van der Waals surface area contributed by atoms with E-state index in [9.17, 15) is 4.79 Å². The Balaban J connectivity index is 2.48. The molecule has 4 nitrogen and oxygen atoms in total. The van der Waals surface area contributed by atoms with Gasteiger partial charge >= 0.3 is 0 Å². The average molecular weight is 224 g/mol. The van der Waals surface area contributed by atoms with Gasteiger partial charge in [-0.3, -0.25) is 9.48 Å². The van der Waals surface area contributed by atoms with Crippen LogP contribution < -0.4 is 0 Å². The van der Waals surface area contributed by atoms with E-state index in [1.807, 2.05) is 24.6 Å². The molecule has 0 saturated heterocycles. The zero-order valence-electron chi connectivity index (χ0n) is 10.3. The highest BCUT2D eigenvalue weighted by atomic mass is 16.5. The van der Waals surface area contributed by atoms with Crippen LogP contribution in [0.25, 0.3) is 0 Å². The van der Waals surface area contributed by atoms with E-state index in [0.717, 1.165) is 24.4 Å². The van der Waals surface area contributed by atoms with Crippen molar-refractivity contribution in [1.29, 1.82) is 0 Å². The summed E-state index contributed by atoms with van der Waals surface area (Å²) in [4.78, 5) is 11.7. The number of aryl methyl sites for hydroxylation is 2. The lowest BCUT2D eigenvalue weighted by Crippen LogP contribution is -2.09. The van der Waals surface area contributed by atoms with Gasteiger partial charge in [-0.25, -0.2) is 0 Å². The molecule has 0 bridgehead atoms. The summed E-state index contributed by atoms with van der Waals surface area (Å²) in [5.74, 6) is 0.256. The summed E-state index contributed by atoms with van der Waals surface area (Å²) in [5.41, 5.74) is 1.99. The van der Waals surface area contributed by atoms with E-state index in [1.54, 1.807) is 7.11 Å². The maximum atomic E-state index is 11.7. The molecule has 16 heavy (non-hydrogen) atoms. The Hall–Kier alpha value is -1.16. The van der Waals surface area contributed by atoms with Crippen LogP contribution in [0.15, 0.2) is 6.07 Å².